The summed E-state index contributed by atoms with van der Waals surface area (Å²) in [4.78, 5) is 13.6. The van der Waals surface area contributed by atoms with E-state index in [2.05, 4.69) is 10.5 Å². The van der Waals surface area contributed by atoms with Crippen LogP contribution in [0.2, 0.25) is 5.02 Å². The highest BCUT2D eigenvalue weighted by atomic mass is 35.5. The molecule has 0 unspecified atom stereocenters. The number of amides is 1. The van der Waals surface area contributed by atoms with Gasteiger partial charge in [-0.15, -0.1) is 0 Å². The van der Waals surface area contributed by atoms with E-state index in [-0.39, 0.29) is 29.4 Å². The Kier molecular flexibility index (Phi) is 8.86. The Balaban J connectivity index is 1.41. The zero-order valence-electron chi connectivity index (χ0n) is 23.5. The number of benzene rings is 3. The predicted octanol–water partition coefficient (Wildman–Crippen LogP) is 3.96. The first-order chi connectivity index (χ1) is 20.5. The summed E-state index contributed by atoms with van der Waals surface area (Å²) in [6, 6.07) is 23.5. The first-order valence-electron chi connectivity index (χ1n) is 13.4. The Morgan fingerprint density at radius 3 is 2.05 bits per heavy atom. The lowest BCUT2D eigenvalue weighted by Crippen LogP contribution is -2.60. The summed E-state index contributed by atoms with van der Waals surface area (Å²) in [6.45, 7) is 3.14. The van der Waals surface area contributed by atoms with E-state index in [9.17, 15) is 21.6 Å². The van der Waals surface area contributed by atoms with Crippen LogP contribution in [0.25, 0.3) is 5.69 Å². The summed E-state index contributed by atoms with van der Waals surface area (Å²) >= 11 is 6.04. The maximum atomic E-state index is 13.6. The molecule has 5 rings (SSSR count). The third-order valence-corrected chi connectivity index (χ3v) is 11.3. The molecule has 0 bridgehead atoms. The van der Waals surface area contributed by atoms with E-state index in [1.165, 1.54) is 30.5 Å². The van der Waals surface area contributed by atoms with Crippen LogP contribution in [0.15, 0.2) is 106 Å². The topological polar surface area (TPSA) is 121 Å². The van der Waals surface area contributed by atoms with Gasteiger partial charge in [-0.2, -0.15) is 13.7 Å². The Morgan fingerprint density at radius 1 is 0.860 bits per heavy atom. The maximum Gasteiger partial charge on any atom is 0.259 e. The van der Waals surface area contributed by atoms with E-state index >= 15 is 0 Å². The lowest BCUT2D eigenvalue weighted by atomic mass is 10.2. The third-order valence-electron chi connectivity index (χ3n) is 7.26. The van der Waals surface area contributed by atoms with Gasteiger partial charge in [0.15, 0.2) is 0 Å². The number of hydrazone groups is 1. The van der Waals surface area contributed by atoms with Gasteiger partial charge >= 0.3 is 0 Å². The van der Waals surface area contributed by atoms with Gasteiger partial charge < -0.3 is 4.57 Å². The van der Waals surface area contributed by atoms with Crippen molar-refractivity contribution in [2.24, 2.45) is 5.10 Å². The SMILES string of the molecule is Cc1cc(/C=N\NC(=O)[C@H]2CN(S(=O)(=O)c3ccccc3)CCN2S(=O)(=O)c2ccccc2)c(C)n1-c1ccc(Cl)cc1. The van der Waals surface area contributed by atoms with Crippen molar-refractivity contribution in [3.05, 3.63) is 113 Å². The van der Waals surface area contributed by atoms with Crippen LogP contribution in [0.4, 0.5) is 0 Å². The summed E-state index contributed by atoms with van der Waals surface area (Å²) < 4.78 is 58.1. The molecule has 0 aliphatic carbocycles. The summed E-state index contributed by atoms with van der Waals surface area (Å²) in [6.07, 6.45) is 1.48. The van der Waals surface area contributed by atoms with Crippen molar-refractivity contribution in [1.29, 1.82) is 0 Å². The predicted molar refractivity (Wildman–Crippen MR) is 165 cm³/mol. The molecule has 1 aliphatic rings. The summed E-state index contributed by atoms with van der Waals surface area (Å²) in [5, 5.41) is 4.75. The molecule has 1 atom stereocenters. The number of carbonyl (C=O) groups excluding carboxylic acids is 1. The molecule has 1 aliphatic heterocycles. The van der Waals surface area contributed by atoms with Crippen molar-refractivity contribution in [1.82, 2.24) is 18.6 Å². The smallest absolute Gasteiger partial charge is 0.259 e. The molecule has 1 N–H and O–H groups in total. The summed E-state index contributed by atoms with van der Waals surface area (Å²) in [5.41, 5.74) is 5.89. The van der Waals surface area contributed by atoms with Gasteiger partial charge in [0.2, 0.25) is 20.0 Å². The summed E-state index contributed by atoms with van der Waals surface area (Å²) in [7, 11) is -8.10. The second kappa shape index (κ2) is 12.4. The fourth-order valence-electron chi connectivity index (χ4n) is 5.08. The Morgan fingerprint density at radius 2 is 1.44 bits per heavy atom. The molecule has 43 heavy (non-hydrogen) atoms. The first kappa shape index (κ1) is 30.6. The molecule has 2 heterocycles. The molecule has 224 valence electrons. The lowest BCUT2D eigenvalue weighted by molar-refractivity contribution is -0.125. The minimum atomic E-state index is -4.12. The summed E-state index contributed by atoms with van der Waals surface area (Å²) in [5.74, 6) is -0.754. The van der Waals surface area contributed by atoms with Gasteiger partial charge in [0.25, 0.3) is 5.91 Å². The number of carbonyl (C=O) groups is 1. The van der Waals surface area contributed by atoms with Gasteiger partial charge in [0.1, 0.15) is 6.04 Å². The normalized spacial score (nSPS) is 16.9. The minimum absolute atomic E-state index is 0.00491. The average molecular weight is 640 g/mol. The zero-order chi connectivity index (χ0) is 30.8. The molecule has 4 aromatic rings. The van der Waals surface area contributed by atoms with Crippen LogP contribution in [0.5, 0.6) is 0 Å². The number of aromatic nitrogens is 1. The van der Waals surface area contributed by atoms with Crippen molar-refractivity contribution in [3.8, 4) is 5.69 Å². The molecule has 0 spiro atoms. The molecule has 0 radical (unpaired) electrons. The lowest BCUT2D eigenvalue weighted by Gasteiger charge is -2.38. The van der Waals surface area contributed by atoms with Crippen molar-refractivity contribution >= 4 is 43.8 Å². The van der Waals surface area contributed by atoms with Gasteiger partial charge in [-0.1, -0.05) is 48.0 Å². The number of rotatable bonds is 8. The fourth-order valence-corrected chi connectivity index (χ4v) is 8.25. The molecule has 1 fully saturated rings. The van der Waals surface area contributed by atoms with Crippen LogP contribution in [0.3, 0.4) is 0 Å². The minimum Gasteiger partial charge on any atom is -0.318 e. The van der Waals surface area contributed by atoms with E-state index in [0.717, 1.165) is 31.2 Å². The van der Waals surface area contributed by atoms with Crippen LogP contribution in [0, 0.1) is 13.8 Å². The number of piperazine rings is 1. The van der Waals surface area contributed by atoms with Crippen LogP contribution in [-0.4, -0.2) is 67.8 Å². The van der Waals surface area contributed by atoms with Gasteiger partial charge in [-0.05, 0) is 68.4 Å². The van der Waals surface area contributed by atoms with Crippen LogP contribution in [-0.2, 0) is 24.8 Å². The Labute approximate surface area is 256 Å². The van der Waals surface area contributed by atoms with Gasteiger partial charge in [-0.3, -0.25) is 4.79 Å². The second-order valence-corrected chi connectivity index (χ2v) is 14.3. The highest BCUT2D eigenvalue weighted by Gasteiger charge is 2.43. The van der Waals surface area contributed by atoms with E-state index in [4.69, 9.17) is 11.6 Å². The molecule has 1 amide bonds. The van der Waals surface area contributed by atoms with E-state index < -0.39 is 32.0 Å². The van der Waals surface area contributed by atoms with E-state index in [1.54, 1.807) is 48.5 Å². The molecule has 3 aromatic carbocycles. The number of sulfonamides is 2. The Bertz CT molecular complexity index is 1860. The standard InChI is InChI=1S/C30H30ClN5O5S2/c1-22-19-24(23(2)36(22)26-15-13-25(31)14-16-26)20-32-33-30(37)29-21-34(42(38,39)27-9-5-3-6-10-27)17-18-35(29)43(40,41)28-11-7-4-8-12-28/h3-16,19-20,29H,17-18,21H2,1-2H3,(H,33,37)/b32-20-/t29-/m1/s1. The molecular formula is C30H30ClN5O5S2. The van der Waals surface area contributed by atoms with Crippen molar-refractivity contribution in [2.45, 2.75) is 29.7 Å². The molecule has 1 saturated heterocycles. The molecule has 10 nitrogen and oxygen atoms in total. The number of nitrogens with zero attached hydrogens (tertiary/aromatic N) is 4. The maximum absolute atomic E-state index is 13.6. The number of nitrogens with one attached hydrogen (secondary N) is 1. The molecular weight excluding hydrogens is 610 g/mol. The average Bonchev–Trinajstić information content (AvgIpc) is 3.30. The third kappa shape index (κ3) is 6.29. The highest BCUT2D eigenvalue weighted by molar-refractivity contribution is 7.89. The fraction of sp³-hybridized carbons (Fsp3) is 0.200. The highest BCUT2D eigenvalue weighted by Crippen LogP contribution is 2.26. The Hall–Kier alpha value is -3.81. The van der Waals surface area contributed by atoms with Crippen molar-refractivity contribution in [2.75, 3.05) is 19.6 Å². The largest absolute Gasteiger partial charge is 0.318 e. The zero-order valence-corrected chi connectivity index (χ0v) is 25.8. The second-order valence-electron chi connectivity index (χ2n) is 9.99. The monoisotopic (exact) mass is 639 g/mol. The van der Waals surface area contributed by atoms with E-state index in [1.807, 2.05) is 36.6 Å². The van der Waals surface area contributed by atoms with Crippen LogP contribution < -0.4 is 5.43 Å². The van der Waals surface area contributed by atoms with Gasteiger partial charge in [0.05, 0.1) is 16.0 Å². The van der Waals surface area contributed by atoms with E-state index in [0.29, 0.717) is 5.02 Å². The van der Waals surface area contributed by atoms with Crippen molar-refractivity contribution in [3.63, 3.8) is 0 Å². The number of hydrogen-bond donors (Lipinski definition) is 1. The van der Waals surface area contributed by atoms with Crippen LogP contribution in [0.1, 0.15) is 17.0 Å². The molecule has 0 saturated carbocycles. The number of halogens is 1. The number of aryl methyl sites for hydroxylation is 1. The van der Waals surface area contributed by atoms with Gasteiger partial charge in [0, 0.05) is 47.3 Å². The number of hydrogen-bond acceptors (Lipinski definition) is 6. The quantitative estimate of drug-likeness (QED) is 0.231. The van der Waals surface area contributed by atoms with Crippen LogP contribution >= 0.6 is 11.6 Å². The first-order valence-corrected chi connectivity index (χ1v) is 16.7. The molecule has 13 heteroatoms. The van der Waals surface area contributed by atoms with Gasteiger partial charge in [-0.25, -0.2) is 22.3 Å². The molecule has 1 aromatic heterocycles. The van der Waals surface area contributed by atoms with Crippen molar-refractivity contribution < 1.29 is 21.6 Å².